The van der Waals surface area contributed by atoms with E-state index in [1.807, 2.05) is 24.3 Å². The normalized spacial score (nSPS) is 22.4. The van der Waals surface area contributed by atoms with Gasteiger partial charge in [0.25, 0.3) is 0 Å². The van der Waals surface area contributed by atoms with Crippen LogP contribution in [0, 0.1) is 0 Å². The van der Waals surface area contributed by atoms with Crippen LogP contribution in [0.2, 0.25) is 10.0 Å². The van der Waals surface area contributed by atoms with Crippen LogP contribution in [-0.2, 0) is 12.8 Å². The van der Waals surface area contributed by atoms with Crippen LogP contribution in [0.3, 0.4) is 0 Å². The molecule has 4 heteroatoms. The van der Waals surface area contributed by atoms with Gasteiger partial charge in [0.2, 0.25) is 0 Å². The zero-order valence-electron chi connectivity index (χ0n) is 18.7. The van der Waals surface area contributed by atoms with Crippen molar-refractivity contribution in [2.45, 2.75) is 65.0 Å². The molecule has 0 bridgehead atoms. The molecular formula is C27H32Cl2N2. The lowest BCUT2D eigenvalue weighted by Crippen LogP contribution is -2.49. The van der Waals surface area contributed by atoms with E-state index in [0.29, 0.717) is 12.1 Å². The first-order valence-electron chi connectivity index (χ1n) is 11.4. The number of nitrogens with zero attached hydrogens (tertiary/aromatic N) is 1. The summed E-state index contributed by atoms with van der Waals surface area (Å²) in [6.07, 6.45) is 7.60. The summed E-state index contributed by atoms with van der Waals surface area (Å²) in [4.78, 5) is 2.68. The number of benzene rings is 2. The standard InChI is InChI=1S/C27H32Cl2N2/c1-4-8-26(22-10-5-6-11-24(22)28)30-27-17-31(19(3)15-18(27)2)21-14-13-20-9-7-12-25(29)23(20)16-21/h5-12,19,21,30H,4,13-17H2,1-3H3/b26-8+. The van der Waals surface area contributed by atoms with Crippen LogP contribution >= 0.6 is 23.2 Å². The molecule has 0 saturated carbocycles. The molecule has 164 valence electrons. The number of nitrogens with one attached hydrogen (secondary N) is 1. The molecule has 1 aliphatic heterocycles. The fourth-order valence-corrected chi connectivity index (χ4v) is 5.58. The Hall–Kier alpha value is -1.74. The molecule has 2 aliphatic rings. The Morgan fingerprint density at radius 2 is 1.87 bits per heavy atom. The molecule has 0 fully saturated rings. The van der Waals surface area contributed by atoms with Gasteiger partial charge in [0, 0.05) is 45.6 Å². The lowest BCUT2D eigenvalue weighted by atomic mass is 9.85. The summed E-state index contributed by atoms with van der Waals surface area (Å²) in [7, 11) is 0. The molecule has 0 radical (unpaired) electrons. The lowest BCUT2D eigenvalue weighted by molar-refractivity contribution is 0.131. The Kier molecular flexibility index (Phi) is 7.11. The molecule has 2 aromatic rings. The number of allylic oxidation sites excluding steroid dienone is 1. The average molecular weight is 455 g/mol. The molecule has 2 unspecified atom stereocenters. The van der Waals surface area contributed by atoms with E-state index in [9.17, 15) is 0 Å². The van der Waals surface area contributed by atoms with Crippen molar-refractivity contribution < 1.29 is 0 Å². The maximum absolute atomic E-state index is 6.56. The Morgan fingerprint density at radius 3 is 2.65 bits per heavy atom. The molecular weight excluding hydrogens is 423 g/mol. The summed E-state index contributed by atoms with van der Waals surface area (Å²) < 4.78 is 0. The van der Waals surface area contributed by atoms with Gasteiger partial charge in [0.1, 0.15) is 0 Å². The Balaban J connectivity index is 1.56. The summed E-state index contributed by atoms with van der Waals surface area (Å²) >= 11 is 13.1. The van der Waals surface area contributed by atoms with Crippen molar-refractivity contribution in [3.05, 3.63) is 86.5 Å². The topological polar surface area (TPSA) is 15.3 Å². The number of hydrogen-bond acceptors (Lipinski definition) is 2. The maximum Gasteiger partial charge on any atom is 0.0499 e. The maximum atomic E-state index is 6.56. The third-order valence-electron chi connectivity index (χ3n) is 6.75. The first kappa shape index (κ1) is 22.5. The molecule has 0 spiro atoms. The molecule has 1 N–H and O–H groups in total. The second-order valence-electron chi connectivity index (χ2n) is 8.89. The van der Waals surface area contributed by atoms with E-state index < -0.39 is 0 Å². The largest absolute Gasteiger partial charge is 0.358 e. The molecule has 0 amide bonds. The second-order valence-corrected chi connectivity index (χ2v) is 9.70. The quantitative estimate of drug-likeness (QED) is 0.511. The van der Waals surface area contributed by atoms with Crippen LogP contribution in [0.25, 0.3) is 5.70 Å². The Labute approximate surface area is 196 Å². The highest BCUT2D eigenvalue weighted by molar-refractivity contribution is 6.32. The minimum atomic E-state index is 0.520. The lowest BCUT2D eigenvalue weighted by Gasteiger charge is -2.43. The van der Waals surface area contributed by atoms with Crippen molar-refractivity contribution >= 4 is 28.9 Å². The van der Waals surface area contributed by atoms with Gasteiger partial charge < -0.3 is 5.32 Å². The van der Waals surface area contributed by atoms with Gasteiger partial charge in [-0.05, 0) is 69.2 Å². The summed E-state index contributed by atoms with van der Waals surface area (Å²) in [5, 5.41) is 5.48. The van der Waals surface area contributed by atoms with E-state index in [2.05, 4.69) is 55.3 Å². The van der Waals surface area contributed by atoms with E-state index in [1.54, 1.807) is 0 Å². The van der Waals surface area contributed by atoms with Crippen molar-refractivity contribution in [2.75, 3.05) is 6.54 Å². The molecule has 0 saturated heterocycles. The van der Waals surface area contributed by atoms with Gasteiger partial charge in [-0.25, -0.2) is 0 Å². The van der Waals surface area contributed by atoms with E-state index in [-0.39, 0.29) is 0 Å². The van der Waals surface area contributed by atoms with Crippen LogP contribution in [0.5, 0.6) is 0 Å². The first-order valence-corrected chi connectivity index (χ1v) is 12.2. The summed E-state index contributed by atoms with van der Waals surface area (Å²) in [5.74, 6) is 0. The number of halogens is 2. The Morgan fingerprint density at radius 1 is 1.10 bits per heavy atom. The molecule has 4 rings (SSSR count). The van der Waals surface area contributed by atoms with Crippen LogP contribution in [0.1, 0.15) is 56.7 Å². The summed E-state index contributed by atoms with van der Waals surface area (Å²) in [6, 6.07) is 15.5. The average Bonchev–Trinajstić information content (AvgIpc) is 2.76. The molecule has 1 heterocycles. The zero-order valence-corrected chi connectivity index (χ0v) is 20.2. The van der Waals surface area contributed by atoms with Gasteiger partial charge in [-0.2, -0.15) is 0 Å². The molecule has 2 atom stereocenters. The van der Waals surface area contributed by atoms with Gasteiger partial charge >= 0.3 is 0 Å². The Bertz CT molecular complexity index is 1010. The number of hydrogen-bond donors (Lipinski definition) is 1. The van der Waals surface area contributed by atoms with Gasteiger partial charge in [0.15, 0.2) is 0 Å². The van der Waals surface area contributed by atoms with Crippen LogP contribution < -0.4 is 5.32 Å². The van der Waals surface area contributed by atoms with Gasteiger partial charge in [-0.15, -0.1) is 0 Å². The SMILES string of the molecule is CC/C=C(/NC1=C(C)CC(C)N(C2CCc3cccc(Cl)c3C2)C1)c1ccccc1Cl. The van der Waals surface area contributed by atoms with E-state index in [0.717, 1.165) is 53.5 Å². The predicted octanol–water partition coefficient (Wildman–Crippen LogP) is 7.26. The van der Waals surface area contributed by atoms with Gasteiger partial charge in [-0.1, -0.05) is 72.1 Å². The third kappa shape index (κ3) is 4.87. The fourth-order valence-electron chi connectivity index (χ4n) is 5.08. The number of fused-ring (bicyclic) bond motifs is 1. The first-order chi connectivity index (χ1) is 15.0. The van der Waals surface area contributed by atoms with Crippen LogP contribution in [0.4, 0.5) is 0 Å². The molecule has 2 nitrogen and oxygen atoms in total. The van der Waals surface area contributed by atoms with Gasteiger partial charge in [0.05, 0.1) is 0 Å². The molecule has 0 aromatic heterocycles. The van der Waals surface area contributed by atoms with E-state index in [1.165, 1.54) is 28.8 Å². The van der Waals surface area contributed by atoms with Crippen molar-refractivity contribution in [2.24, 2.45) is 0 Å². The highest BCUT2D eigenvalue weighted by Crippen LogP contribution is 2.34. The summed E-state index contributed by atoms with van der Waals surface area (Å²) in [5.41, 5.74) is 7.68. The van der Waals surface area contributed by atoms with Crippen molar-refractivity contribution in [1.82, 2.24) is 10.2 Å². The molecule has 2 aromatic carbocycles. The third-order valence-corrected chi connectivity index (χ3v) is 7.44. The van der Waals surface area contributed by atoms with Crippen LogP contribution in [0.15, 0.2) is 59.8 Å². The van der Waals surface area contributed by atoms with Crippen LogP contribution in [-0.4, -0.2) is 23.5 Å². The fraction of sp³-hybridized carbons (Fsp3) is 0.407. The zero-order chi connectivity index (χ0) is 22.0. The van der Waals surface area contributed by atoms with Crippen molar-refractivity contribution in [3.8, 4) is 0 Å². The smallest absolute Gasteiger partial charge is 0.0499 e. The minimum absolute atomic E-state index is 0.520. The van der Waals surface area contributed by atoms with E-state index >= 15 is 0 Å². The van der Waals surface area contributed by atoms with Gasteiger partial charge in [-0.3, -0.25) is 4.90 Å². The highest BCUT2D eigenvalue weighted by atomic mass is 35.5. The van der Waals surface area contributed by atoms with Crippen molar-refractivity contribution in [3.63, 3.8) is 0 Å². The minimum Gasteiger partial charge on any atom is -0.358 e. The monoisotopic (exact) mass is 454 g/mol. The van der Waals surface area contributed by atoms with E-state index in [4.69, 9.17) is 23.2 Å². The number of rotatable bonds is 5. The number of aryl methyl sites for hydroxylation is 1. The second kappa shape index (κ2) is 9.81. The highest BCUT2D eigenvalue weighted by Gasteiger charge is 2.32. The molecule has 1 aliphatic carbocycles. The van der Waals surface area contributed by atoms with Crippen molar-refractivity contribution in [1.29, 1.82) is 0 Å². The molecule has 31 heavy (non-hydrogen) atoms. The predicted molar refractivity (Wildman–Crippen MR) is 134 cm³/mol. The summed E-state index contributed by atoms with van der Waals surface area (Å²) in [6.45, 7) is 7.72.